The molecule has 1 aliphatic heterocycles. The molecular weight excluding hydrogens is 432 g/mol. The van der Waals surface area contributed by atoms with Crippen LogP contribution in [0.25, 0.3) is 6.08 Å². The molecular formula is C20H12BrClN2OS. The van der Waals surface area contributed by atoms with Gasteiger partial charge in [-0.05, 0) is 53.9 Å². The van der Waals surface area contributed by atoms with Gasteiger partial charge in [0.15, 0.2) is 0 Å². The Hall–Kier alpha value is -2.21. The van der Waals surface area contributed by atoms with E-state index in [4.69, 9.17) is 11.6 Å². The minimum atomic E-state index is -0.171. The van der Waals surface area contributed by atoms with E-state index in [1.54, 1.807) is 22.3 Å². The summed E-state index contributed by atoms with van der Waals surface area (Å²) in [5.41, 5.74) is 1.86. The zero-order valence-corrected chi connectivity index (χ0v) is 16.6. The zero-order chi connectivity index (χ0) is 18.1. The van der Waals surface area contributed by atoms with E-state index in [-0.39, 0.29) is 5.91 Å². The number of benzene rings is 2. The zero-order valence-electron chi connectivity index (χ0n) is 13.4. The number of halogens is 2. The Morgan fingerprint density at radius 1 is 1.04 bits per heavy atom. The lowest BCUT2D eigenvalue weighted by molar-refractivity contribution is -0.113. The number of amides is 1. The summed E-state index contributed by atoms with van der Waals surface area (Å²) in [6.45, 7) is 0. The summed E-state index contributed by atoms with van der Waals surface area (Å²) in [5.74, 6) is 0.362. The van der Waals surface area contributed by atoms with Gasteiger partial charge in [-0.25, -0.2) is 4.99 Å². The molecule has 1 aliphatic rings. The number of hydrogen-bond acceptors (Lipinski definition) is 3. The van der Waals surface area contributed by atoms with Gasteiger partial charge >= 0.3 is 0 Å². The second kappa shape index (κ2) is 7.19. The van der Waals surface area contributed by atoms with E-state index in [2.05, 4.69) is 20.9 Å². The number of hydrogen-bond donors (Lipinski definition) is 0. The van der Waals surface area contributed by atoms with E-state index in [1.807, 2.05) is 66.1 Å². The average Bonchev–Trinajstić information content (AvgIpc) is 3.26. The molecule has 0 unspecified atom stereocenters. The Balaban J connectivity index is 1.86. The summed E-state index contributed by atoms with van der Waals surface area (Å²) in [6.07, 6.45) is 1.81. The van der Waals surface area contributed by atoms with Gasteiger partial charge in [0, 0.05) is 14.9 Å². The summed E-state index contributed by atoms with van der Waals surface area (Å²) < 4.78 is 0.943. The van der Waals surface area contributed by atoms with Crippen LogP contribution < -0.4 is 4.90 Å². The fourth-order valence-electron chi connectivity index (χ4n) is 2.68. The van der Waals surface area contributed by atoms with Crippen molar-refractivity contribution in [2.75, 3.05) is 4.90 Å². The number of amidine groups is 1. The third kappa shape index (κ3) is 3.26. The average molecular weight is 444 g/mol. The molecule has 0 atom stereocenters. The highest BCUT2D eigenvalue weighted by Gasteiger charge is 2.33. The molecule has 0 spiro atoms. The monoisotopic (exact) mass is 442 g/mol. The molecule has 1 amide bonds. The quantitative estimate of drug-likeness (QED) is 0.457. The highest BCUT2D eigenvalue weighted by molar-refractivity contribution is 9.10. The maximum Gasteiger partial charge on any atom is 0.282 e. The Morgan fingerprint density at radius 3 is 2.50 bits per heavy atom. The minimum absolute atomic E-state index is 0.171. The first kappa shape index (κ1) is 17.2. The molecule has 2 heterocycles. The summed E-state index contributed by atoms with van der Waals surface area (Å²) >= 11 is 11.4. The van der Waals surface area contributed by atoms with Crippen molar-refractivity contribution in [2.24, 2.45) is 4.99 Å². The Kier molecular flexibility index (Phi) is 4.76. The van der Waals surface area contributed by atoms with Crippen LogP contribution in [0.1, 0.15) is 10.4 Å². The van der Waals surface area contributed by atoms with Crippen LogP contribution >= 0.6 is 38.9 Å². The summed E-state index contributed by atoms with van der Waals surface area (Å²) in [5, 5.41) is 2.52. The van der Waals surface area contributed by atoms with E-state index < -0.39 is 0 Å². The van der Waals surface area contributed by atoms with Gasteiger partial charge in [-0.2, -0.15) is 0 Å². The third-order valence-corrected chi connectivity index (χ3v) is 5.56. The van der Waals surface area contributed by atoms with Crippen LogP contribution in [0.3, 0.4) is 0 Å². The molecule has 0 fully saturated rings. The van der Waals surface area contributed by atoms with E-state index in [9.17, 15) is 4.79 Å². The molecule has 4 rings (SSSR count). The normalized spacial score (nSPS) is 15.6. The maximum atomic E-state index is 13.1. The molecule has 3 aromatic rings. The molecule has 128 valence electrons. The summed E-state index contributed by atoms with van der Waals surface area (Å²) in [7, 11) is 0. The second-order valence-electron chi connectivity index (χ2n) is 5.58. The van der Waals surface area contributed by atoms with Gasteiger partial charge < -0.3 is 0 Å². The predicted octanol–water partition coefficient (Wildman–Crippen LogP) is 6.00. The van der Waals surface area contributed by atoms with Crippen molar-refractivity contribution < 1.29 is 4.79 Å². The standard InChI is InChI=1S/C20H12BrClN2OS/c21-13-7-9-14(10-8-13)24-19(16-5-1-2-6-17(16)22)23-18(20(24)25)12-15-4-3-11-26-15/h1-12H/b18-12+. The van der Waals surface area contributed by atoms with Crippen LogP contribution in [0.15, 0.2) is 81.2 Å². The van der Waals surface area contributed by atoms with Gasteiger partial charge in [0.2, 0.25) is 0 Å². The van der Waals surface area contributed by atoms with Crippen LogP contribution in [-0.2, 0) is 4.79 Å². The largest absolute Gasteiger partial charge is 0.282 e. The molecule has 0 aliphatic carbocycles. The number of thiophene rings is 1. The van der Waals surface area contributed by atoms with Gasteiger partial charge in [-0.3, -0.25) is 9.69 Å². The van der Waals surface area contributed by atoms with Crippen LogP contribution in [0.2, 0.25) is 5.02 Å². The van der Waals surface area contributed by atoms with Crippen molar-refractivity contribution in [3.8, 4) is 0 Å². The Bertz CT molecular complexity index is 1030. The van der Waals surface area contributed by atoms with Crippen LogP contribution in [-0.4, -0.2) is 11.7 Å². The van der Waals surface area contributed by atoms with Gasteiger partial charge in [-0.15, -0.1) is 11.3 Å². The molecule has 0 N–H and O–H groups in total. The molecule has 26 heavy (non-hydrogen) atoms. The first-order valence-electron chi connectivity index (χ1n) is 7.82. The topological polar surface area (TPSA) is 32.7 Å². The second-order valence-corrected chi connectivity index (χ2v) is 7.88. The van der Waals surface area contributed by atoms with E-state index >= 15 is 0 Å². The first-order chi connectivity index (χ1) is 12.6. The number of anilines is 1. The number of nitrogens with zero attached hydrogens (tertiary/aromatic N) is 2. The Morgan fingerprint density at radius 2 is 1.81 bits per heavy atom. The van der Waals surface area contributed by atoms with Crippen LogP contribution in [0.4, 0.5) is 5.69 Å². The fraction of sp³-hybridized carbons (Fsp3) is 0. The van der Waals surface area contributed by atoms with E-state index in [1.165, 1.54) is 0 Å². The fourth-order valence-corrected chi connectivity index (χ4v) is 3.81. The Labute approximate surface area is 168 Å². The summed E-state index contributed by atoms with van der Waals surface area (Å²) in [4.78, 5) is 20.3. The van der Waals surface area contributed by atoms with Crippen molar-refractivity contribution in [1.82, 2.24) is 0 Å². The van der Waals surface area contributed by atoms with E-state index in [0.717, 1.165) is 20.6 Å². The third-order valence-electron chi connectivity index (χ3n) is 3.88. The SMILES string of the molecule is O=C1/C(=C\c2cccs2)N=C(c2ccccc2Cl)N1c1ccc(Br)cc1. The predicted molar refractivity (Wildman–Crippen MR) is 112 cm³/mol. The van der Waals surface area contributed by atoms with Crippen molar-refractivity contribution in [3.63, 3.8) is 0 Å². The number of carbonyl (C=O) groups excluding carboxylic acids is 1. The van der Waals surface area contributed by atoms with Gasteiger partial charge in [0.1, 0.15) is 11.5 Å². The minimum Gasteiger partial charge on any atom is -0.266 e. The lowest BCUT2D eigenvalue weighted by Crippen LogP contribution is -2.32. The van der Waals surface area contributed by atoms with Crippen LogP contribution in [0, 0.1) is 0 Å². The van der Waals surface area contributed by atoms with Crippen molar-refractivity contribution in [1.29, 1.82) is 0 Å². The molecule has 2 aromatic carbocycles. The van der Waals surface area contributed by atoms with Gasteiger partial charge in [0.05, 0.1) is 10.7 Å². The van der Waals surface area contributed by atoms with Crippen molar-refractivity contribution >= 4 is 62.4 Å². The summed E-state index contributed by atoms with van der Waals surface area (Å²) in [6, 6.07) is 18.9. The molecule has 6 heteroatoms. The lowest BCUT2D eigenvalue weighted by Gasteiger charge is -2.19. The smallest absolute Gasteiger partial charge is 0.266 e. The van der Waals surface area contributed by atoms with Gasteiger partial charge in [0.25, 0.3) is 5.91 Å². The molecule has 0 saturated heterocycles. The number of aliphatic imine (C=N–C) groups is 1. The highest BCUT2D eigenvalue weighted by atomic mass is 79.9. The molecule has 0 saturated carbocycles. The number of rotatable bonds is 3. The van der Waals surface area contributed by atoms with Crippen molar-refractivity contribution in [3.05, 3.63) is 91.7 Å². The lowest BCUT2D eigenvalue weighted by atomic mass is 10.1. The van der Waals surface area contributed by atoms with Crippen LogP contribution in [0.5, 0.6) is 0 Å². The van der Waals surface area contributed by atoms with E-state index in [0.29, 0.717) is 16.6 Å². The highest BCUT2D eigenvalue weighted by Crippen LogP contribution is 2.31. The molecule has 0 bridgehead atoms. The number of carbonyl (C=O) groups is 1. The maximum absolute atomic E-state index is 13.1. The molecule has 3 nitrogen and oxygen atoms in total. The first-order valence-corrected chi connectivity index (χ1v) is 9.87. The molecule has 0 radical (unpaired) electrons. The molecule has 1 aromatic heterocycles. The van der Waals surface area contributed by atoms with Crippen molar-refractivity contribution in [2.45, 2.75) is 0 Å². The van der Waals surface area contributed by atoms with Gasteiger partial charge in [-0.1, -0.05) is 45.7 Å².